The lowest BCUT2D eigenvalue weighted by molar-refractivity contribution is 0.108. The van der Waals surface area contributed by atoms with E-state index in [4.69, 9.17) is 39.3 Å². The smallest absolute Gasteiger partial charge is 0.253 e. The van der Waals surface area contributed by atoms with Crippen LogP contribution in [0.4, 0.5) is 0 Å². The Morgan fingerprint density at radius 3 is 2.46 bits per heavy atom. The minimum Gasteiger partial charge on any atom is -0.361 e. The van der Waals surface area contributed by atoms with E-state index >= 15 is 0 Å². The lowest BCUT2D eigenvalue weighted by atomic mass is 10.1. The Morgan fingerprint density at radius 2 is 1.92 bits per heavy atom. The van der Waals surface area contributed by atoms with Gasteiger partial charge in [0.05, 0.1) is 16.3 Å². The highest BCUT2D eigenvalue weighted by molar-refractivity contribution is 6.68. The van der Waals surface area contributed by atoms with Crippen molar-refractivity contribution in [2.24, 2.45) is 0 Å². The number of hydrogen-bond donors (Lipinski definition) is 0. The molecule has 0 bridgehead atoms. The molecule has 3 rings (SSSR count). The summed E-state index contributed by atoms with van der Waals surface area (Å²) in [5, 5.41) is 4.29. The predicted octanol–water partition coefficient (Wildman–Crippen LogP) is 5.14. The van der Waals surface area contributed by atoms with Crippen LogP contribution in [0.5, 0.6) is 0 Å². The topological polar surface area (TPSA) is 46.3 Å². The number of halogens is 3. The van der Waals surface area contributed by atoms with Gasteiger partial charge >= 0.3 is 0 Å². The Morgan fingerprint density at radius 1 is 1.25 bits per heavy atom. The van der Waals surface area contributed by atoms with Crippen molar-refractivity contribution >= 4 is 40.0 Å². The fourth-order valence-corrected chi connectivity index (χ4v) is 3.56. The zero-order valence-electron chi connectivity index (χ0n) is 13.4. The Balaban J connectivity index is 1.90. The molecule has 0 saturated heterocycles. The number of rotatable bonds is 6. The molecule has 0 N–H and O–H groups in total. The van der Waals surface area contributed by atoms with Gasteiger partial charge in [-0.3, -0.25) is 9.69 Å². The van der Waals surface area contributed by atoms with Crippen LogP contribution < -0.4 is 0 Å². The molecule has 0 atom stereocenters. The summed E-state index contributed by atoms with van der Waals surface area (Å²) in [6.07, 6.45) is 2.26. The van der Waals surface area contributed by atoms with Crippen molar-refractivity contribution < 1.29 is 9.32 Å². The Hall–Kier alpha value is -1.07. The van der Waals surface area contributed by atoms with Crippen LogP contribution in [0.2, 0.25) is 10.0 Å². The molecule has 1 aromatic heterocycles. The quantitative estimate of drug-likeness (QED) is 0.644. The molecule has 4 nitrogen and oxygen atoms in total. The molecule has 2 aromatic rings. The van der Waals surface area contributed by atoms with Crippen LogP contribution in [0.25, 0.3) is 0 Å². The minimum atomic E-state index is -0.582. The fourth-order valence-electron chi connectivity index (χ4n) is 2.78. The van der Waals surface area contributed by atoms with Crippen LogP contribution in [0.1, 0.15) is 45.8 Å². The van der Waals surface area contributed by atoms with E-state index in [2.05, 4.69) is 10.1 Å². The van der Waals surface area contributed by atoms with Gasteiger partial charge in [-0.2, -0.15) is 0 Å². The van der Waals surface area contributed by atoms with Gasteiger partial charge in [-0.1, -0.05) is 28.4 Å². The molecule has 0 spiro atoms. The first-order chi connectivity index (χ1) is 11.4. The lowest BCUT2D eigenvalue weighted by Crippen LogP contribution is -2.26. The molecular formula is C17H17Cl3N2O2. The van der Waals surface area contributed by atoms with Crippen molar-refractivity contribution in [1.29, 1.82) is 0 Å². The van der Waals surface area contributed by atoms with Gasteiger partial charge in [-0.15, -0.1) is 0 Å². The largest absolute Gasteiger partial charge is 0.361 e. The van der Waals surface area contributed by atoms with E-state index in [9.17, 15) is 4.79 Å². The second kappa shape index (κ2) is 7.04. The van der Waals surface area contributed by atoms with Gasteiger partial charge in [0, 0.05) is 35.3 Å². The molecule has 1 saturated carbocycles. The second-order valence-corrected chi connectivity index (χ2v) is 7.23. The Bertz CT molecular complexity index is 765. The SMILES string of the molecule is Cc1noc(C)c1CN(Cc1c(Cl)ccc(C(=O)Cl)c1Cl)C1CC1. The van der Waals surface area contributed by atoms with E-state index in [1.807, 2.05) is 13.8 Å². The van der Waals surface area contributed by atoms with Gasteiger partial charge in [-0.05, 0) is 50.4 Å². The van der Waals surface area contributed by atoms with Gasteiger partial charge in [0.25, 0.3) is 5.24 Å². The number of benzene rings is 1. The normalized spacial score (nSPS) is 14.4. The molecule has 0 aliphatic heterocycles. The summed E-state index contributed by atoms with van der Waals surface area (Å²) in [4.78, 5) is 13.8. The molecule has 1 aromatic carbocycles. The summed E-state index contributed by atoms with van der Waals surface area (Å²) in [5.41, 5.74) is 2.98. The molecule has 1 fully saturated rings. The molecule has 0 unspecified atom stereocenters. The maximum absolute atomic E-state index is 11.5. The highest BCUT2D eigenvalue weighted by Gasteiger charge is 2.31. The Kier molecular flexibility index (Phi) is 5.21. The number of carbonyl (C=O) groups excluding carboxylic acids is 1. The van der Waals surface area contributed by atoms with Gasteiger partial charge < -0.3 is 4.52 Å². The number of hydrogen-bond acceptors (Lipinski definition) is 4. The van der Waals surface area contributed by atoms with Crippen molar-refractivity contribution in [3.63, 3.8) is 0 Å². The highest BCUT2D eigenvalue weighted by Crippen LogP contribution is 2.35. The molecule has 1 aliphatic carbocycles. The molecule has 7 heteroatoms. The van der Waals surface area contributed by atoms with E-state index in [1.165, 1.54) is 0 Å². The second-order valence-electron chi connectivity index (χ2n) is 6.10. The van der Waals surface area contributed by atoms with Crippen molar-refractivity contribution in [2.75, 3.05) is 0 Å². The van der Waals surface area contributed by atoms with E-state index in [0.717, 1.165) is 35.4 Å². The Labute approximate surface area is 155 Å². The average molecular weight is 388 g/mol. The highest BCUT2D eigenvalue weighted by atomic mass is 35.5. The van der Waals surface area contributed by atoms with E-state index < -0.39 is 5.24 Å². The van der Waals surface area contributed by atoms with Crippen LogP contribution in [0.15, 0.2) is 16.7 Å². The summed E-state index contributed by atoms with van der Waals surface area (Å²) in [6.45, 7) is 5.10. The first-order valence-electron chi connectivity index (χ1n) is 7.71. The van der Waals surface area contributed by atoms with Crippen molar-refractivity contribution in [2.45, 2.75) is 45.8 Å². The molecule has 128 valence electrons. The van der Waals surface area contributed by atoms with Crippen LogP contribution in [0, 0.1) is 13.8 Å². The first-order valence-corrected chi connectivity index (χ1v) is 8.84. The van der Waals surface area contributed by atoms with Crippen LogP contribution in [-0.4, -0.2) is 21.3 Å². The molecule has 24 heavy (non-hydrogen) atoms. The predicted molar refractivity (Wildman–Crippen MR) is 94.9 cm³/mol. The van der Waals surface area contributed by atoms with Gasteiger partial charge in [0.2, 0.25) is 0 Å². The van der Waals surface area contributed by atoms with E-state index in [1.54, 1.807) is 12.1 Å². The van der Waals surface area contributed by atoms with Crippen molar-refractivity contribution in [3.05, 3.63) is 50.3 Å². The van der Waals surface area contributed by atoms with Crippen LogP contribution in [-0.2, 0) is 13.1 Å². The molecule has 1 aliphatic rings. The number of nitrogens with zero attached hydrogens (tertiary/aromatic N) is 2. The monoisotopic (exact) mass is 386 g/mol. The van der Waals surface area contributed by atoms with Crippen molar-refractivity contribution in [3.8, 4) is 0 Å². The fraction of sp³-hybridized carbons (Fsp3) is 0.412. The van der Waals surface area contributed by atoms with Gasteiger partial charge in [-0.25, -0.2) is 0 Å². The summed E-state index contributed by atoms with van der Waals surface area (Å²) >= 11 is 18.3. The van der Waals surface area contributed by atoms with Crippen LogP contribution >= 0.6 is 34.8 Å². The standard InChI is InChI=1S/C17H17Cl3N2O2/c1-9-13(10(2)24-21-9)7-22(11-3-4-11)8-14-15(18)6-5-12(16(14)19)17(20)23/h5-6,11H,3-4,7-8H2,1-2H3. The van der Waals surface area contributed by atoms with Crippen LogP contribution in [0.3, 0.4) is 0 Å². The van der Waals surface area contributed by atoms with Gasteiger partial charge in [0.15, 0.2) is 0 Å². The van der Waals surface area contributed by atoms with E-state index in [-0.39, 0.29) is 5.56 Å². The summed E-state index contributed by atoms with van der Waals surface area (Å²) < 4.78 is 5.25. The minimum absolute atomic E-state index is 0.283. The first kappa shape index (κ1) is 17.7. The zero-order chi connectivity index (χ0) is 17.4. The number of aromatic nitrogens is 1. The van der Waals surface area contributed by atoms with E-state index in [0.29, 0.717) is 29.2 Å². The molecule has 0 radical (unpaired) electrons. The summed E-state index contributed by atoms with van der Waals surface area (Å²) in [6, 6.07) is 3.69. The average Bonchev–Trinajstić information content (AvgIpc) is 3.31. The molecular weight excluding hydrogens is 371 g/mol. The maximum Gasteiger partial charge on any atom is 0.253 e. The third kappa shape index (κ3) is 3.62. The lowest BCUT2D eigenvalue weighted by Gasteiger charge is -2.23. The number of aryl methyl sites for hydroxylation is 2. The summed E-state index contributed by atoms with van der Waals surface area (Å²) in [7, 11) is 0. The third-order valence-electron chi connectivity index (χ3n) is 4.36. The number of carbonyl (C=O) groups is 1. The van der Waals surface area contributed by atoms with Crippen molar-refractivity contribution in [1.82, 2.24) is 10.1 Å². The molecule has 1 heterocycles. The molecule has 0 amide bonds. The zero-order valence-corrected chi connectivity index (χ0v) is 15.7. The summed E-state index contributed by atoms with van der Waals surface area (Å²) in [5.74, 6) is 0.819. The maximum atomic E-state index is 11.5. The van der Waals surface area contributed by atoms with Gasteiger partial charge in [0.1, 0.15) is 5.76 Å². The third-order valence-corrected chi connectivity index (χ3v) is 5.35.